The average molecular weight is 255 g/mol. The number of carboxylic acids is 1. The third-order valence-electron chi connectivity index (χ3n) is 1.99. The van der Waals surface area contributed by atoms with E-state index in [9.17, 15) is 14.4 Å². The van der Waals surface area contributed by atoms with Gasteiger partial charge >= 0.3 is 12.0 Å². The molecule has 18 heavy (non-hydrogen) atoms. The summed E-state index contributed by atoms with van der Waals surface area (Å²) in [5.41, 5.74) is 4.97. The second-order valence-electron chi connectivity index (χ2n) is 3.62. The number of hydrogen-bond donors (Lipinski definition) is 2. The van der Waals surface area contributed by atoms with Crippen molar-refractivity contribution in [3.05, 3.63) is 0 Å². The Morgan fingerprint density at radius 2 is 1.89 bits per heavy atom. The minimum Gasteiger partial charge on any atom is -0.480 e. The average Bonchev–Trinajstić information content (AvgIpc) is 2.25. The lowest BCUT2D eigenvalue weighted by Crippen LogP contribution is -2.48. The minimum atomic E-state index is -1.22. The van der Waals surface area contributed by atoms with E-state index in [-0.39, 0.29) is 6.54 Å². The van der Waals surface area contributed by atoms with Crippen molar-refractivity contribution in [2.45, 2.75) is 13.3 Å². The molecule has 0 aromatic carbocycles. The SMILES string of the molecule is C#CCN(CCC)C(=O)N(CC(N)=O)CC(=O)O. The van der Waals surface area contributed by atoms with Crippen molar-refractivity contribution >= 4 is 17.9 Å². The molecule has 0 unspecified atom stereocenters. The molecule has 7 nitrogen and oxygen atoms in total. The van der Waals surface area contributed by atoms with Crippen molar-refractivity contribution in [3.63, 3.8) is 0 Å². The first-order valence-electron chi connectivity index (χ1n) is 5.39. The van der Waals surface area contributed by atoms with E-state index in [1.165, 1.54) is 4.90 Å². The van der Waals surface area contributed by atoms with Crippen LogP contribution in [0, 0.1) is 12.3 Å². The number of amides is 3. The number of nitrogens with two attached hydrogens (primary N) is 1. The second kappa shape index (κ2) is 7.95. The van der Waals surface area contributed by atoms with E-state index in [2.05, 4.69) is 5.92 Å². The van der Waals surface area contributed by atoms with E-state index in [1.807, 2.05) is 6.92 Å². The van der Waals surface area contributed by atoms with Crippen molar-refractivity contribution in [1.82, 2.24) is 9.80 Å². The number of hydrogen-bond acceptors (Lipinski definition) is 3. The molecular formula is C11H17N3O4. The molecule has 0 saturated carbocycles. The number of terminal acetylenes is 1. The Labute approximate surface area is 106 Å². The summed E-state index contributed by atoms with van der Waals surface area (Å²) in [5.74, 6) is 0.313. The molecule has 3 N–H and O–H groups in total. The number of carbonyl (C=O) groups is 3. The summed E-state index contributed by atoms with van der Waals surface area (Å²) in [6, 6.07) is -0.601. The zero-order chi connectivity index (χ0) is 14.1. The largest absolute Gasteiger partial charge is 0.480 e. The first kappa shape index (κ1) is 15.8. The highest BCUT2D eigenvalue weighted by Gasteiger charge is 2.23. The van der Waals surface area contributed by atoms with E-state index in [1.54, 1.807) is 0 Å². The van der Waals surface area contributed by atoms with E-state index < -0.39 is 31.0 Å². The highest BCUT2D eigenvalue weighted by molar-refractivity contribution is 5.86. The summed E-state index contributed by atoms with van der Waals surface area (Å²) in [6.07, 6.45) is 5.80. The van der Waals surface area contributed by atoms with E-state index >= 15 is 0 Å². The Hall–Kier alpha value is -2.23. The summed E-state index contributed by atoms with van der Waals surface area (Å²) in [6.45, 7) is 1.26. The van der Waals surface area contributed by atoms with Gasteiger partial charge < -0.3 is 20.6 Å². The summed E-state index contributed by atoms with van der Waals surface area (Å²) >= 11 is 0. The maximum atomic E-state index is 12.0. The molecule has 0 aromatic rings. The van der Waals surface area contributed by atoms with Crippen LogP contribution in [0.5, 0.6) is 0 Å². The normalized spacial score (nSPS) is 9.33. The van der Waals surface area contributed by atoms with Crippen molar-refractivity contribution < 1.29 is 19.5 Å². The van der Waals surface area contributed by atoms with Gasteiger partial charge in [0.2, 0.25) is 5.91 Å². The lowest BCUT2D eigenvalue weighted by Gasteiger charge is -2.27. The highest BCUT2D eigenvalue weighted by atomic mass is 16.4. The quantitative estimate of drug-likeness (QED) is 0.588. The highest BCUT2D eigenvalue weighted by Crippen LogP contribution is 2.00. The molecule has 0 spiro atoms. The molecule has 0 heterocycles. The van der Waals surface area contributed by atoms with Gasteiger partial charge in [-0.15, -0.1) is 6.42 Å². The fourth-order valence-electron chi connectivity index (χ4n) is 1.36. The van der Waals surface area contributed by atoms with Crippen molar-refractivity contribution in [1.29, 1.82) is 0 Å². The number of aliphatic carboxylic acids is 1. The number of urea groups is 1. The second-order valence-corrected chi connectivity index (χ2v) is 3.62. The molecule has 7 heteroatoms. The predicted molar refractivity (Wildman–Crippen MR) is 64.5 cm³/mol. The van der Waals surface area contributed by atoms with Crippen molar-refractivity contribution in [3.8, 4) is 12.3 Å². The van der Waals surface area contributed by atoms with Gasteiger partial charge in [-0.2, -0.15) is 0 Å². The first-order valence-corrected chi connectivity index (χ1v) is 5.39. The Kier molecular flexibility index (Phi) is 6.96. The molecular weight excluding hydrogens is 238 g/mol. The van der Waals surface area contributed by atoms with Crippen LogP contribution in [0.25, 0.3) is 0 Å². The Morgan fingerprint density at radius 3 is 2.28 bits per heavy atom. The van der Waals surface area contributed by atoms with E-state index in [0.29, 0.717) is 13.0 Å². The molecule has 0 aliphatic heterocycles. The first-order chi connectivity index (χ1) is 8.42. The standard InChI is InChI=1S/C11H17N3O4/c1-3-5-13(6-4-2)11(18)14(7-9(12)15)8-10(16)17/h1H,4-8H2,2H3,(H2,12,15)(H,16,17). The van der Waals surface area contributed by atoms with Gasteiger partial charge in [-0.1, -0.05) is 12.8 Å². The lowest BCUT2D eigenvalue weighted by atomic mass is 10.4. The molecule has 0 radical (unpaired) electrons. The fourth-order valence-corrected chi connectivity index (χ4v) is 1.36. The van der Waals surface area contributed by atoms with Gasteiger partial charge in [0.05, 0.1) is 6.54 Å². The Morgan fingerprint density at radius 1 is 1.28 bits per heavy atom. The molecule has 100 valence electrons. The van der Waals surface area contributed by atoms with Gasteiger partial charge in [0.25, 0.3) is 0 Å². The number of rotatable bonds is 7. The summed E-state index contributed by atoms with van der Waals surface area (Å²) in [7, 11) is 0. The van der Waals surface area contributed by atoms with Crippen molar-refractivity contribution in [2.24, 2.45) is 5.73 Å². The lowest BCUT2D eigenvalue weighted by molar-refractivity contribution is -0.138. The van der Waals surface area contributed by atoms with Crippen LogP contribution >= 0.6 is 0 Å². The molecule has 0 atom stereocenters. The predicted octanol–water partition coefficient (Wildman–Crippen LogP) is -0.676. The van der Waals surface area contributed by atoms with E-state index in [4.69, 9.17) is 17.3 Å². The molecule has 0 rings (SSSR count). The molecule has 0 bridgehead atoms. The van der Waals surface area contributed by atoms with Crippen LogP contribution in [-0.2, 0) is 9.59 Å². The number of carboxylic acid groups (broad SMARTS) is 1. The Bertz CT molecular complexity index is 346. The molecule has 0 aliphatic carbocycles. The zero-order valence-electron chi connectivity index (χ0n) is 10.3. The van der Waals surface area contributed by atoms with Gasteiger partial charge in [-0.3, -0.25) is 9.59 Å². The van der Waals surface area contributed by atoms with Crippen LogP contribution in [0.2, 0.25) is 0 Å². The van der Waals surface area contributed by atoms with Crippen molar-refractivity contribution in [2.75, 3.05) is 26.2 Å². The van der Waals surface area contributed by atoms with Crippen LogP contribution in [0.15, 0.2) is 0 Å². The molecule has 0 aromatic heterocycles. The zero-order valence-corrected chi connectivity index (χ0v) is 10.3. The number of carbonyl (C=O) groups excluding carboxylic acids is 2. The van der Waals surface area contributed by atoms with Crippen LogP contribution in [0.4, 0.5) is 4.79 Å². The topological polar surface area (TPSA) is 104 Å². The maximum absolute atomic E-state index is 12.0. The van der Waals surface area contributed by atoms with Crippen LogP contribution in [0.3, 0.4) is 0 Å². The summed E-state index contributed by atoms with van der Waals surface area (Å²) in [4.78, 5) is 35.6. The molecule has 0 fully saturated rings. The minimum absolute atomic E-state index is 0.0571. The third kappa shape index (κ3) is 5.75. The van der Waals surface area contributed by atoms with Crippen LogP contribution in [-0.4, -0.2) is 59.0 Å². The Balaban J connectivity index is 4.83. The van der Waals surface area contributed by atoms with Gasteiger partial charge in [-0.05, 0) is 6.42 Å². The van der Waals surface area contributed by atoms with Gasteiger partial charge in [-0.25, -0.2) is 4.79 Å². The molecule has 0 saturated heterocycles. The third-order valence-corrected chi connectivity index (χ3v) is 1.99. The smallest absolute Gasteiger partial charge is 0.323 e. The van der Waals surface area contributed by atoms with Gasteiger partial charge in [0.15, 0.2) is 0 Å². The van der Waals surface area contributed by atoms with Crippen LogP contribution in [0.1, 0.15) is 13.3 Å². The summed E-state index contributed by atoms with van der Waals surface area (Å²) in [5, 5.41) is 8.68. The molecule has 0 aliphatic rings. The number of primary amides is 1. The van der Waals surface area contributed by atoms with Gasteiger partial charge in [0.1, 0.15) is 13.1 Å². The number of nitrogens with zero attached hydrogens (tertiary/aromatic N) is 2. The monoisotopic (exact) mass is 255 g/mol. The van der Waals surface area contributed by atoms with Crippen LogP contribution < -0.4 is 5.73 Å². The summed E-state index contributed by atoms with van der Waals surface area (Å²) < 4.78 is 0. The van der Waals surface area contributed by atoms with E-state index in [0.717, 1.165) is 4.90 Å². The van der Waals surface area contributed by atoms with Gasteiger partial charge in [0, 0.05) is 6.54 Å². The fraction of sp³-hybridized carbons (Fsp3) is 0.545. The molecule has 3 amide bonds. The maximum Gasteiger partial charge on any atom is 0.323 e.